The second-order valence-electron chi connectivity index (χ2n) is 5.93. The van der Waals surface area contributed by atoms with Gasteiger partial charge in [-0.15, -0.1) is 0 Å². The van der Waals surface area contributed by atoms with E-state index >= 15 is 0 Å². The van der Waals surface area contributed by atoms with Gasteiger partial charge >= 0.3 is 0 Å². The van der Waals surface area contributed by atoms with Crippen molar-refractivity contribution in [1.82, 2.24) is 4.90 Å². The van der Waals surface area contributed by atoms with Crippen LogP contribution in [0.2, 0.25) is 5.02 Å². The van der Waals surface area contributed by atoms with Crippen LogP contribution in [0, 0.1) is 0 Å². The Morgan fingerprint density at radius 2 is 1.61 bits per heavy atom. The first-order valence-corrected chi connectivity index (χ1v) is 8.40. The van der Waals surface area contributed by atoms with Crippen LogP contribution in [-0.2, 0) is 4.74 Å². The summed E-state index contributed by atoms with van der Waals surface area (Å²) < 4.78 is 5.43. The summed E-state index contributed by atoms with van der Waals surface area (Å²) >= 11 is 5.96. The number of nitrogens with zero attached hydrogens (tertiary/aromatic N) is 1. The number of ether oxygens (including phenoxy) is 1. The average molecular weight is 332 g/mol. The smallest absolute Gasteiger partial charge is 0.0870 e. The number of halogens is 1. The summed E-state index contributed by atoms with van der Waals surface area (Å²) in [6, 6.07) is 17.7. The molecule has 0 spiro atoms. The van der Waals surface area contributed by atoms with E-state index < -0.39 is 6.10 Å². The third kappa shape index (κ3) is 4.33. The van der Waals surface area contributed by atoms with E-state index in [0.717, 1.165) is 44.0 Å². The van der Waals surface area contributed by atoms with Gasteiger partial charge < -0.3 is 9.84 Å². The van der Waals surface area contributed by atoms with Crippen molar-refractivity contribution in [2.45, 2.75) is 12.0 Å². The van der Waals surface area contributed by atoms with Crippen LogP contribution in [0.25, 0.3) is 0 Å². The average Bonchev–Trinajstić information content (AvgIpc) is 2.61. The van der Waals surface area contributed by atoms with Crippen LogP contribution in [0.1, 0.15) is 23.1 Å². The summed E-state index contributed by atoms with van der Waals surface area (Å²) in [6.45, 7) is 4.17. The summed E-state index contributed by atoms with van der Waals surface area (Å²) in [4.78, 5) is 2.36. The van der Waals surface area contributed by atoms with E-state index in [1.54, 1.807) is 0 Å². The van der Waals surface area contributed by atoms with Crippen molar-refractivity contribution >= 4 is 11.6 Å². The molecule has 3 nitrogen and oxygen atoms in total. The standard InChI is InChI=1S/C19H22ClNO2/c20-17-8-6-16(7-9-17)19(22)18(15-4-2-1-3-5-15)14-21-10-12-23-13-11-21/h1-9,18-19,22H,10-14H2/t18-,19-/m0/s1. The summed E-state index contributed by atoms with van der Waals surface area (Å²) in [5.41, 5.74) is 2.05. The number of morpholine rings is 1. The lowest BCUT2D eigenvalue weighted by Crippen LogP contribution is -2.39. The molecule has 0 radical (unpaired) electrons. The topological polar surface area (TPSA) is 32.7 Å². The van der Waals surface area contributed by atoms with Gasteiger partial charge in [0, 0.05) is 30.6 Å². The second kappa shape index (κ2) is 7.93. The van der Waals surface area contributed by atoms with Crippen molar-refractivity contribution < 1.29 is 9.84 Å². The number of hydrogen-bond acceptors (Lipinski definition) is 3. The zero-order chi connectivity index (χ0) is 16.1. The van der Waals surface area contributed by atoms with Gasteiger partial charge in [-0.25, -0.2) is 0 Å². The van der Waals surface area contributed by atoms with E-state index in [4.69, 9.17) is 16.3 Å². The maximum Gasteiger partial charge on any atom is 0.0870 e. The van der Waals surface area contributed by atoms with Crippen molar-refractivity contribution in [2.75, 3.05) is 32.8 Å². The molecule has 0 aliphatic carbocycles. The highest BCUT2D eigenvalue weighted by Gasteiger charge is 2.26. The van der Waals surface area contributed by atoms with Crippen molar-refractivity contribution in [1.29, 1.82) is 0 Å². The van der Waals surface area contributed by atoms with Gasteiger partial charge in [0.1, 0.15) is 0 Å². The molecule has 2 aromatic rings. The third-order valence-corrected chi connectivity index (χ3v) is 4.63. The van der Waals surface area contributed by atoms with Crippen LogP contribution in [0.3, 0.4) is 0 Å². The summed E-state index contributed by atoms with van der Waals surface area (Å²) in [7, 11) is 0. The Hall–Kier alpha value is -1.39. The highest BCUT2D eigenvalue weighted by Crippen LogP contribution is 2.32. The SMILES string of the molecule is O[C@@H](c1ccc(Cl)cc1)[C@@H](CN1CCOCC1)c1ccccc1. The van der Waals surface area contributed by atoms with E-state index in [-0.39, 0.29) is 5.92 Å². The van der Waals surface area contributed by atoms with E-state index in [0.29, 0.717) is 5.02 Å². The lowest BCUT2D eigenvalue weighted by Gasteiger charge is -2.33. The molecule has 1 aliphatic rings. The van der Waals surface area contributed by atoms with E-state index in [1.807, 2.05) is 42.5 Å². The van der Waals surface area contributed by atoms with Crippen LogP contribution in [0.15, 0.2) is 54.6 Å². The molecule has 2 atom stereocenters. The molecule has 0 bridgehead atoms. The molecule has 23 heavy (non-hydrogen) atoms. The Bertz CT molecular complexity index is 597. The maximum atomic E-state index is 11.0. The molecular weight excluding hydrogens is 310 g/mol. The van der Waals surface area contributed by atoms with Crippen molar-refractivity contribution in [3.8, 4) is 0 Å². The Kier molecular flexibility index (Phi) is 5.68. The molecule has 1 N–H and O–H groups in total. The molecule has 1 heterocycles. The molecule has 0 unspecified atom stereocenters. The minimum atomic E-state index is -0.558. The first-order valence-electron chi connectivity index (χ1n) is 8.02. The van der Waals surface area contributed by atoms with E-state index in [2.05, 4.69) is 17.0 Å². The Balaban J connectivity index is 1.83. The molecule has 1 saturated heterocycles. The molecular formula is C19H22ClNO2. The van der Waals surface area contributed by atoms with Gasteiger partial charge in [0.25, 0.3) is 0 Å². The number of aliphatic hydroxyl groups is 1. The fourth-order valence-corrected chi connectivity index (χ4v) is 3.17. The quantitative estimate of drug-likeness (QED) is 0.910. The molecule has 4 heteroatoms. The van der Waals surface area contributed by atoms with Gasteiger partial charge in [0.15, 0.2) is 0 Å². The van der Waals surface area contributed by atoms with Crippen LogP contribution in [-0.4, -0.2) is 42.9 Å². The fourth-order valence-electron chi connectivity index (χ4n) is 3.04. The predicted octanol–water partition coefficient (Wildman–Crippen LogP) is 3.49. The van der Waals surface area contributed by atoms with Gasteiger partial charge in [0.2, 0.25) is 0 Å². The van der Waals surface area contributed by atoms with Crippen LogP contribution >= 0.6 is 11.6 Å². The zero-order valence-electron chi connectivity index (χ0n) is 13.1. The number of aliphatic hydroxyl groups excluding tert-OH is 1. The van der Waals surface area contributed by atoms with Gasteiger partial charge in [0.05, 0.1) is 19.3 Å². The van der Waals surface area contributed by atoms with Crippen LogP contribution in [0.5, 0.6) is 0 Å². The highest BCUT2D eigenvalue weighted by atomic mass is 35.5. The maximum absolute atomic E-state index is 11.0. The van der Waals surface area contributed by atoms with E-state index in [1.165, 1.54) is 0 Å². The Labute approximate surface area is 142 Å². The molecule has 1 fully saturated rings. The Morgan fingerprint density at radius 1 is 0.957 bits per heavy atom. The summed E-state index contributed by atoms with van der Waals surface area (Å²) in [6.07, 6.45) is -0.558. The lowest BCUT2D eigenvalue weighted by molar-refractivity contribution is 0.0240. The van der Waals surface area contributed by atoms with Crippen LogP contribution < -0.4 is 0 Å². The number of hydrogen-bond donors (Lipinski definition) is 1. The van der Waals surface area contributed by atoms with Crippen molar-refractivity contribution in [3.05, 3.63) is 70.7 Å². The molecule has 3 rings (SSSR count). The molecule has 0 amide bonds. The zero-order valence-corrected chi connectivity index (χ0v) is 13.8. The minimum Gasteiger partial charge on any atom is -0.388 e. The first-order chi connectivity index (χ1) is 11.2. The summed E-state index contributed by atoms with van der Waals surface area (Å²) in [5.74, 6) is 0.0236. The lowest BCUT2D eigenvalue weighted by atomic mass is 9.88. The predicted molar refractivity (Wildman–Crippen MR) is 92.9 cm³/mol. The first kappa shape index (κ1) is 16.5. The number of rotatable bonds is 5. The molecule has 122 valence electrons. The third-order valence-electron chi connectivity index (χ3n) is 4.38. The van der Waals surface area contributed by atoms with Crippen molar-refractivity contribution in [3.63, 3.8) is 0 Å². The number of benzene rings is 2. The largest absolute Gasteiger partial charge is 0.388 e. The molecule has 2 aromatic carbocycles. The fraction of sp³-hybridized carbons (Fsp3) is 0.368. The van der Waals surface area contributed by atoms with Gasteiger partial charge in [-0.2, -0.15) is 0 Å². The Morgan fingerprint density at radius 3 is 2.26 bits per heavy atom. The second-order valence-corrected chi connectivity index (χ2v) is 6.36. The van der Waals surface area contributed by atoms with Gasteiger partial charge in [-0.05, 0) is 23.3 Å². The molecule has 1 aliphatic heterocycles. The van der Waals surface area contributed by atoms with Gasteiger partial charge in [-0.3, -0.25) is 4.90 Å². The normalized spacial score (nSPS) is 18.5. The molecule has 0 aromatic heterocycles. The molecule has 0 saturated carbocycles. The van der Waals surface area contributed by atoms with Gasteiger partial charge in [-0.1, -0.05) is 54.1 Å². The van der Waals surface area contributed by atoms with Crippen molar-refractivity contribution in [2.24, 2.45) is 0 Å². The van der Waals surface area contributed by atoms with E-state index in [9.17, 15) is 5.11 Å². The summed E-state index contributed by atoms with van der Waals surface area (Å²) in [5, 5.41) is 11.6. The van der Waals surface area contributed by atoms with Crippen LogP contribution in [0.4, 0.5) is 0 Å². The minimum absolute atomic E-state index is 0.0236. The monoisotopic (exact) mass is 331 g/mol. The highest BCUT2D eigenvalue weighted by molar-refractivity contribution is 6.30.